The van der Waals surface area contributed by atoms with E-state index in [0.717, 1.165) is 6.54 Å². The first-order chi connectivity index (χ1) is 6.56. The highest BCUT2D eigenvalue weighted by molar-refractivity contribution is 5.78. The predicted molar refractivity (Wildman–Crippen MR) is 59.8 cm³/mol. The number of nitrogens with two attached hydrogens (primary N) is 1. The summed E-state index contributed by atoms with van der Waals surface area (Å²) < 4.78 is 0. The second-order valence-corrected chi connectivity index (χ2v) is 3.76. The van der Waals surface area contributed by atoms with E-state index in [1.54, 1.807) is 0 Å². The number of nitrogens with zero attached hydrogens (tertiary/aromatic N) is 1. The minimum atomic E-state index is 0.0539. The summed E-state index contributed by atoms with van der Waals surface area (Å²) in [6.07, 6.45) is 1.82. The van der Waals surface area contributed by atoms with Crippen molar-refractivity contribution in [2.24, 2.45) is 17.6 Å². The Morgan fingerprint density at radius 1 is 1.57 bits per heavy atom. The predicted octanol–water partition coefficient (Wildman–Crippen LogP) is 1.25. The molecule has 0 aliphatic carbocycles. The number of carbonyl (C=O) groups is 1. The standard InChI is InChI=1S/C11H22N2O/c1-5-10(7-12)8-13(6-2)11(14)9(3)4/h5,9-10H,1,6-8,12H2,2-4H3. The summed E-state index contributed by atoms with van der Waals surface area (Å²) >= 11 is 0. The van der Waals surface area contributed by atoms with Crippen LogP contribution in [0.4, 0.5) is 0 Å². The summed E-state index contributed by atoms with van der Waals surface area (Å²) in [5.74, 6) is 0.448. The van der Waals surface area contributed by atoms with Gasteiger partial charge in [-0.2, -0.15) is 0 Å². The van der Waals surface area contributed by atoms with Crippen LogP contribution in [0.25, 0.3) is 0 Å². The third-order valence-corrected chi connectivity index (χ3v) is 2.28. The van der Waals surface area contributed by atoms with Crippen molar-refractivity contribution >= 4 is 5.91 Å². The van der Waals surface area contributed by atoms with Crippen LogP contribution in [-0.4, -0.2) is 30.4 Å². The molecular weight excluding hydrogens is 176 g/mol. The van der Waals surface area contributed by atoms with Crippen molar-refractivity contribution in [2.45, 2.75) is 20.8 Å². The largest absolute Gasteiger partial charge is 0.342 e. The molecule has 1 atom stereocenters. The van der Waals surface area contributed by atoms with Gasteiger partial charge in [0.1, 0.15) is 0 Å². The SMILES string of the molecule is C=CC(CN)CN(CC)C(=O)C(C)C. The van der Waals surface area contributed by atoms with Gasteiger partial charge in [0.25, 0.3) is 0 Å². The van der Waals surface area contributed by atoms with E-state index >= 15 is 0 Å². The van der Waals surface area contributed by atoms with Crippen molar-refractivity contribution in [3.8, 4) is 0 Å². The Labute approximate surface area is 87.0 Å². The number of amides is 1. The van der Waals surface area contributed by atoms with Gasteiger partial charge in [-0.3, -0.25) is 4.79 Å². The Kier molecular flexibility index (Phi) is 6.21. The van der Waals surface area contributed by atoms with E-state index in [4.69, 9.17) is 5.73 Å². The summed E-state index contributed by atoms with van der Waals surface area (Å²) in [6, 6.07) is 0. The Balaban J connectivity index is 4.27. The molecule has 2 N–H and O–H groups in total. The van der Waals surface area contributed by atoms with Gasteiger partial charge in [0.2, 0.25) is 5.91 Å². The summed E-state index contributed by atoms with van der Waals surface area (Å²) in [6.45, 7) is 11.5. The van der Waals surface area contributed by atoms with Crippen LogP contribution in [0, 0.1) is 11.8 Å². The van der Waals surface area contributed by atoms with E-state index in [1.807, 2.05) is 31.7 Å². The molecule has 0 aromatic rings. The van der Waals surface area contributed by atoms with Crippen LogP contribution in [0.5, 0.6) is 0 Å². The average Bonchev–Trinajstić information content (AvgIpc) is 2.19. The molecule has 3 heteroatoms. The molecule has 1 unspecified atom stereocenters. The Morgan fingerprint density at radius 2 is 2.14 bits per heavy atom. The number of carbonyl (C=O) groups excluding carboxylic acids is 1. The first kappa shape index (κ1) is 13.2. The lowest BCUT2D eigenvalue weighted by atomic mass is 10.1. The number of hydrogen-bond donors (Lipinski definition) is 1. The summed E-state index contributed by atoms with van der Waals surface area (Å²) in [5.41, 5.74) is 5.55. The molecule has 0 fully saturated rings. The van der Waals surface area contributed by atoms with Crippen molar-refractivity contribution in [1.29, 1.82) is 0 Å². The molecule has 0 bridgehead atoms. The van der Waals surface area contributed by atoms with E-state index in [9.17, 15) is 4.79 Å². The fraction of sp³-hybridized carbons (Fsp3) is 0.727. The molecule has 0 rings (SSSR count). The molecule has 0 aromatic heterocycles. The Bertz CT molecular complexity index is 190. The zero-order valence-electron chi connectivity index (χ0n) is 9.49. The third kappa shape index (κ3) is 3.92. The number of rotatable bonds is 6. The molecule has 3 nitrogen and oxygen atoms in total. The fourth-order valence-corrected chi connectivity index (χ4v) is 1.27. The van der Waals surface area contributed by atoms with E-state index in [1.165, 1.54) is 0 Å². The lowest BCUT2D eigenvalue weighted by Gasteiger charge is -2.25. The molecule has 14 heavy (non-hydrogen) atoms. The van der Waals surface area contributed by atoms with Crippen molar-refractivity contribution in [3.63, 3.8) is 0 Å². The van der Waals surface area contributed by atoms with E-state index in [2.05, 4.69) is 6.58 Å². The van der Waals surface area contributed by atoms with Crippen LogP contribution in [0.1, 0.15) is 20.8 Å². The van der Waals surface area contributed by atoms with Crippen LogP contribution < -0.4 is 5.73 Å². The molecule has 1 amide bonds. The molecular formula is C11H22N2O. The van der Waals surface area contributed by atoms with E-state index < -0.39 is 0 Å². The molecule has 0 radical (unpaired) electrons. The van der Waals surface area contributed by atoms with Crippen molar-refractivity contribution in [2.75, 3.05) is 19.6 Å². The lowest BCUT2D eigenvalue weighted by molar-refractivity contribution is -0.134. The second kappa shape index (κ2) is 6.60. The summed E-state index contributed by atoms with van der Waals surface area (Å²) in [7, 11) is 0. The van der Waals surface area contributed by atoms with Gasteiger partial charge in [-0.05, 0) is 6.92 Å². The minimum Gasteiger partial charge on any atom is -0.342 e. The zero-order chi connectivity index (χ0) is 11.1. The van der Waals surface area contributed by atoms with Gasteiger partial charge in [0, 0.05) is 31.5 Å². The van der Waals surface area contributed by atoms with Crippen molar-refractivity contribution < 1.29 is 4.79 Å². The molecule has 0 spiro atoms. The van der Waals surface area contributed by atoms with Crippen LogP contribution in [0.2, 0.25) is 0 Å². The van der Waals surface area contributed by atoms with Gasteiger partial charge >= 0.3 is 0 Å². The van der Waals surface area contributed by atoms with Gasteiger partial charge in [-0.15, -0.1) is 6.58 Å². The van der Waals surface area contributed by atoms with Gasteiger partial charge in [-0.1, -0.05) is 19.9 Å². The van der Waals surface area contributed by atoms with Gasteiger partial charge in [0.15, 0.2) is 0 Å². The van der Waals surface area contributed by atoms with Gasteiger partial charge in [-0.25, -0.2) is 0 Å². The fourth-order valence-electron chi connectivity index (χ4n) is 1.27. The van der Waals surface area contributed by atoms with Crippen LogP contribution in [0.3, 0.4) is 0 Å². The number of hydrogen-bond acceptors (Lipinski definition) is 2. The maximum atomic E-state index is 11.7. The third-order valence-electron chi connectivity index (χ3n) is 2.28. The molecule has 0 saturated carbocycles. The smallest absolute Gasteiger partial charge is 0.225 e. The quantitative estimate of drug-likeness (QED) is 0.653. The Morgan fingerprint density at radius 3 is 2.43 bits per heavy atom. The normalized spacial score (nSPS) is 12.6. The summed E-state index contributed by atoms with van der Waals surface area (Å²) in [5, 5.41) is 0. The Hall–Kier alpha value is -0.830. The highest BCUT2D eigenvalue weighted by Crippen LogP contribution is 2.05. The van der Waals surface area contributed by atoms with Gasteiger partial charge < -0.3 is 10.6 Å². The maximum Gasteiger partial charge on any atom is 0.225 e. The molecule has 0 saturated heterocycles. The van der Waals surface area contributed by atoms with Gasteiger partial charge in [0.05, 0.1) is 0 Å². The monoisotopic (exact) mass is 198 g/mol. The topological polar surface area (TPSA) is 46.3 Å². The lowest BCUT2D eigenvalue weighted by Crippen LogP contribution is -2.39. The van der Waals surface area contributed by atoms with Crippen molar-refractivity contribution in [3.05, 3.63) is 12.7 Å². The second-order valence-electron chi connectivity index (χ2n) is 3.76. The minimum absolute atomic E-state index is 0.0539. The molecule has 0 aliphatic heterocycles. The average molecular weight is 198 g/mol. The maximum absolute atomic E-state index is 11.7. The van der Waals surface area contributed by atoms with Crippen molar-refractivity contribution in [1.82, 2.24) is 4.90 Å². The first-order valence-corrected chi connectivity index (χ1v) is 5.18. The highest BCUT2D eigenvalue weighted by atomic mass is 16.2. The van der Waals surface area contributed by atoms with Crippen LogP contribution >= 0.6 is 0 Å². The molecule has 0 aliphatic rings. The van der Waals surface area contributed by atoms with E-state index in [0.29, 0.717) is 13.1 Å². The first-order valence-electron chi connectivity index (χ1n) is 5.18. The molecule has 82 valence electrons. The van der Waals surface area contributed by atoms with Crippen LogP contribution in [-0.2, 0) is 4.79 Å². The van der Waals surface area contributed by atoms with Crippen LogP contribution in [0.15, 0.2) is 12.7 Å². The molecule has 0 heterocycles. The highest BCUT2D eigenvalue weighted by Gasteiger charge is 2.17. The zero-order valence-corrected chi connectivity index (χ0v) is 9.49. The summed E-state index contributed by atoms with van der Waals surface area (Å²) in [4.78, 5) is 13.5. The molecule has 0 aromatic carbocycles. The van der Waals surface area contributed by atoms with E-state index in [-0.39, 0.29) is 17.7 Å².